The molecule has 4 saturated carbocycles. The normalized spacial score (nSPS) is 19.0. The minimum Gasteiger partial charge on any atom is -0.382 e. The van der Waals surface area contributed by atoms with E-state index in [1.807, 2.05) is 0 Å². The quantitative estimate of drug-likeness (QED) is 0.0385. The number of Topliss-reactive ketones (excluding diaryl/α,β-unsaturated/α-hetero) is 1. The Morgan fingerprint density at radius 3 is 1.36 bits per heavy atom. The fraction of sp³-hybridized carbons (Fsp3) is 0.405. The number of rotatable bonds is 19. The predicted molar refractivity (Wildman–Crippen MR) is 430 cm³/mol. The summed E-state index contributed by atoms with van der Waals surface area (Å²) < 4.78 is 251. The average Bonchev–Trinajstić information content (AvgIpc) is 1.52. The summed E-state index contributed by atoms with van der Waals surface area (Å²) in [6.07, 6.45) is -8.99. The van der Waals surface area contributed by atoms with Gasteiger partial charge >= 0.3 is 18.3 Å². The SMILES string of the molecule is C.Cn1nc(N)c2c(Cl)ccc(-c3ccc(C#CC(C)(C)S(=O)(=O)C4CC4)nc3[C@@H](CC(=O)Cn3nc(C(F)(F)F)c4c3C(F)(F)[C@@H]3C[C@H]43)Cc3cc(F)cc(F)c3)c21.Cn1nc(N)c2c(Cl)ccc(-c3ccc(C#CC(C)(C)S(=O)(=O)C4CC4)nc3[C@@H](N)Cc3cc(F)cc(F)c3)c21.O=C(Cn1nc(C(F)(F)F)c2c1C(F)(F)[C@@H]1C[C@H]21)ON1C(=O)CCC1=O. The van der Waals surface area contributed by atoms with E-state index >= 15 is 8.78 Å². The van der Waals surface area contributed by atoms with E-state index in [2.05, 4.69) is 48.9 Å². The van der Waals surface area contributed by atoms with Crippen LogP contribution in [0, 0.1) is 58.8 Å². The van der Waals surface area contributed by atoms with Gasteiger partial charge in [0.15, 0.2) is 48.5 Å². The van der Waals surface area contributed by atoms with E-state index in [0.717, 1.165) is 18.2 Å². The number of halogens is 16. The fourth-order valence-corrected chi connectivity index (χ4v) is 20.6. The molecule has 0 radical (unpaired) electrons. The average molecular weight is 1830 g/mol. The van der Waals surface area contributed by atoms with E-state index < -0.39 is 194 Å². The molecule has 0 unspecified atom stereocenters. The first-order valence-corrected chi connectivity index (χ1v) is 42.5. The maximum atomic E-state index is 15.4. The van der Waals surface area contributed by atoms with Crippen molar-refractivity contribution in [3.8, 4) is 45.9 Å². The van der Waals surface area contributed by atoms with Crippen LogP contribution in [0.1, 0.15) is 185 Å². The van der Waals surface area contributed by atoms with Crippen molar-refractivity contribution in [3.63, 3.8) is 0 Å². The summed E-state index contributed by atoms with van der Waals surface area (Å²) in [4.78, 5) is 62.7. The number of nitrogens with zero attached hydrogens (tertiary/aromatic N) is 11. The Labute approximate surface area is 714 Å². The van der Waals surface area contributed by atoms with Crippen molar-refractivity contribution in [2.75, 3.05) is 11.5 Å². The summed E-state index contributed by atoms with van der Waals surface area (Å²) in [6.45, 7) is 4.08. The number of imide groups is 1. The number of alkyl halides is 10. The van der Waals surface area contributed by atoms with Gasteiger partial charge in [-0.1, -0.05) is 54.6 Å². The number of fused-ring (bicyclic) bond motifs is 8. The van der Waals surface area contributed by atoms with Crippen molar-refractivity contribution in [2.45, 2.75) is 187 Å². The lowest BCUT2D eigenvalue weighted by molar-refractivity contribution is -0.198. The van der Waals surface area contributed by atoms with Gasteiger partial charge in [-0.05, 0) is 175 Å². The van der Waals surface area contributed by atoms with Gasteiger partial charge in [-0.15, -0.1) is 5.06 Å². The maximum Gasteiger partial charge on any atom is 0.435 e. The number of ketones is 1. The zero-order valence-corrected chi connectivity index (χ0v) is 69.2. The lowest BCUT2D eigenvalue weighted by atomic mass is 9.86. The topological polar surface area (TPSA) is 324 Å². The van der Waals surface area contributed by atoms with Gasteiger partial charge in [0.05, 0.1) is 59.8 Å². The summed E-state index contributed by atoms with van der Waals surface area (Å²) >= 11 is 13.0. The Morgan fingerprint density at radius 1 is 0.568 bits per heavy atom. The number of aryl methyl sites for hydroxylation is 2. The van der Waals surface area contributed by atoms with Gasteiger partial charge in [-0.2, -0.15) is 64.3 Å². The molecule has 125 heavy (non-hydrogen) atoms. The highest BCUT2D eigenvalue weighted by molar-refractivity contribution is 7.94. The van der Waals surface area contributed by atoms with Crippen molar-refractivity contribution >= 4 is 99.9 Å². The largest absolute Gasteiger partial charge is 0.435 e. The molecule has 6 aliphatic carbocycles. The molecule has 7 aliphatic rings. The monoisotopic (exact) mass is 1820 g/mol. The number of anilines is 2. The van der Waals surface area contributed by atoms with Crippen LogP contribution in [0.5, 0.6) is 0 Å². The lowest BCUT2D eigenvalue weighted by Crippen LogP contribution is -2.34. The van der Waals surface area contributed by atoms with Gasteiger partial charge in [0.25, 0.3) is 23.7 Å². The number of hydrogen-bond acceptors (Lipinski definition) is 18. The Balaban J connectivity index is 0.000000164. The van der Waals surface area contributed by atoms with E-state index in [9.17, 15) is 88.7 Å². The van der Waals surface area contributed by atoms with Gasteiger partial charge in [0.1, 0.15) is 68.6 Å². The number of carbonyl (C=O) groups excluding carboxylic acids is 4. The second-order valence-corrected chi connectivity index (χ2v) is 39.0. The van der Waals surface area contributed by atoms with Crippen molar-refractivity contribution in [1.82, 2.24) is 54.2 Å². The van der Waals surface area contributed by atoms with Crippen molar-refractivity contribution in [3.05, 3.63) is 186 Å². The number of hydroxylamine groups is 2. The highest BCUT2D eigenvalue weighted by Crippen LogP contribution is 2.70. The summed E-state index contributed by atoms with van der Waals surface area (Å²) in [6, 6.07) is 18.5. The second kappa shape index (κ2) is 32.1. The van der Waals surface area contributed by atoms with Crippen LogP contribution >= 0.6 is 23.2 Å². The predicted octanol–water partition coefficient (Wildman–Crippen LogP) is 15.7. The summed E-state index contributed by atoms with van der Waals surface area (Å²) in [7, 11) is -3.71. The highest BCUT2D eigenvalue weighted by Gasteiger charge is 2.70. The van der Waals surface area contributed by atoms with E-state index in [4.69, 9.17) is 50.4 Å². The van der Waals surface area contributed by atoms with Crippen LogP contribution < -0.4 is 17.2 Å². The van der Waals surface area contributed by atoms with Gasteiger partial charge < -0.3 is 22.0 Å². The second-order valence-electron chi connectivity index (χ2n) is 32.7. The molecular weight excluding hydrogens is 1750 g/mol. The van der Waals surface area contributed by atoms with Gasteiger partial charge in [-0.3, -0.25) is 33.1 Å². The molecule has 6 N–H and O–H groups in total. The van der Waals surface area contributed by atoms with Gasteiger partial charge in [0, 0.05) is 96.6 Å². The first-order valence-electron chi connectivity index (χ1n) is 38.6. The molecule has 41 heteroatoms. The zero-order valence-electron chi connectivity index (χ0n) is 66.1. The zero-order chi connectivity index (χ0) is 89.9. The molecule has 6 aromatic heterocycles. The molecule has 17 rings (SSSR count). The van der Waals surface area contributed by atoms with Crippen LogP contribution in [0.25, 0.3) is 44.1 Å². The first kappa shape index (κ1) is 90.3. The van der Waals surface area contributed by atoms with Crippen molar-refractivity contribution < 1.29 is 102 Å². The Hall–Kier alpha value is -11.0. The molecule has 1 saturated heterocycles. The molecule has 0 bridgehead atoms. The summed E-state index contributed by atoms with van der Waals surface area (Å²) in [5, 5.41) is 16.2. The standard InChI is InChI=1S/C40H34ClF7N6O3S.C29H28ClF2N5O2S.C14H10F5N3O4.CH4/c1-38(2,58(56,57)25-5-6-25)11-10-23-4-7-26(27-8-9-30(41)32-34(27)53(3)52-37(32)49)33(50-23)20(12-19-13-21(42)16-22(43)14-19)15-24(55)18-54-36-31(35(51-54)40(46,47)48)28-17-29(28)39(36,44)45;1-29(2,40(38,39)20-5-6-20)11-10-19-4-7-21(22-8-9-23(30)25-27(22)37(3)36-28(25)34)26(35-19)24(33)14-16-12-17(31)15-18(32)13-16;15-13(16)6-3-5(6)10-11(14(17,18)19)20-21(12(10)13)4-9(25)26-22-7(23)1-2-8(22)24;/h4,7-9,13-14,16,20,25,28-29H,5-6,12,15,17-18H2,1-3H3,(H2,49,52);4,7-9,12-13,15,20,24H,5-6,14,33H2,1-3H3,(H2,34,36);5-6H,1-4H2;1H4/t20-,28+,29-;24-;5-,6+;/m100./s1. The molecule has 660 valence electrons. The number of aromatic nitrogens is 10. The molecule has 5 fully saturated rings. The number of hydrogen-bond donors (Lipinski definition) is 3. The van der Waals surface area contributed by atoms with E-state index in [1.54, 1.807) is 75.1 Å². The Bertz CT molecular complexity index is 6500. The van der Waals surface area contributed by atoms with Gasteiger partial charge in [-0.25, -0.2) is 49.2 Å². The molecule has 2 amide bonds. The molecule has 6 atom stereocenters. The molecule has 7 heterocycles. The molecule has 1 aliphatic heterocycles. The van der Waals surface area contributed by atoms with Crippen LogP contribution in [-0.4, -0.2) is 115 Å². The minimum absolute atomic E-state index is 0. The van der Waals surface area contributed by atoms with Gasteiger partial charge in [0.2, 0.25) is 0 Å². The molecular formula is C84H76Cl2F14N14O9S2. The molecule has 10 aromatic rings. The Morgan fingerprint density at radius 2 is 0.952 bits per heavy atom. The fourth-order valence-electron chi connectivity index (χ4n) is 16.5. The number of carbonyl (C=O) groups is 4. The molecule has 23 nitrogen and oxygen atoms in total. The van der Waals surface area contributed by atoms with Crippen LogP contribution in [0.15, 0.2) is 84.9 Å². The van der Waals surface area contributed by atoms with Crippen LogP contribution in [-0.2, 0) is 108 Å². The number of sulfone groups is 2. The third-order valence-electron chi connectivity index (χ3n) is 22.9. The molecule has 0 spiro atoms. The number of amides is 2. The minimum atomic E-state index is -5.05. The van der Waals surface area contributed by atoms with Crippen molar-refractivity contribution in [2.24, 2.45) is 31.7 Å². The van der Waals surface area contributed by atoms with E-state index in [0.29, 0.717) is 102 Å². The van der Waals surface area contributed by atoms with Crippen LogP contribution in [0.3, 0.4) is 0 Å². The summed E-state index contributed by atoms with van der Waals surface area (Å²) in [5.41, 5.74) is 17.5. The Kier molecular flexibility index (Phi) is 23.2. The number of nitrogens with two attached hydrogens (primary N) is 3. The number of nitrogen functional groups attached to an aromatic ring is 2. The van der Waals surface area contributed by atoms with E-state index in [-0.39, 0.29) is 94.6 Å². The van der Waals surface area contributed by atoms with Crippen molar-refractivity contribution in [1.29, 1.82) is 0 Å². The first-order chi connectivity index (χ1) is 57.9. The third kappa shape index (κ3) is 17.0. The third-order valence-corrected chi connectivity index (χ3v) is 29.3. The van der Waals surface area contributed by atoms with Crippen LogP contribution in [0.2, 0.25) is 10.0 Å². The lowest BCUT2D eigenvalue weighted by Gasteiger charge is -2.22. The number of pyridine rings is 2. The van der Waals surface area contributed by atoms with E-state index in [1.165, 1.54) is 36.7 Å². The summed E-state index contributed by atoms with van der Waals surface area (Å²) in [5.74, 6) is -8.06. The maximum absolute atomic E-state index is 15.4. The van der Waals surface area contributed by atoms with Crippen LogP contribution in [0.4, 0.5) is 73.1 Å². The molecule has 4 aromatic carbocycles. The number of benzene rings is 4. The smallest absolute Gasteiger partial charge is 0.382 e. The highest BCUT2D eigenvalue weighted by atomic mass is 35.5.